The number of hydrogen-bond donors (Lipinski definition) is 2. The van der Waals surface area contributed by atoms with Crippen LogP contribution in [0, 0.1) is 5.92 Å². The standard InChI is InChI=1S/C11H22N2O3/c1-13(10(4-5-12)11(14)15)7-9-3-2-6-16-8-9/h9-10H,2-8,12H2,1H3,(H,14,15). The first-order valence-corrected chi connectivity index (χ1v) is 5.86. The summed E-state index contributed by atoms with van der Waals surface area (Å²) in [4.78, 5) is 12.9. The van der Waals surface area contributed by atoms with E-state index in [-0.39, 0.29) is 0 Å². The Labute approximate surface area is 96.6 Å². The van der Waals surface area contributed by atoms with Crippen LogP contribution < -0.4 is 5.73 Å². The number of nitrogens with two attached hydrogens (primary N) is 1. The third-order valence-corrected chi connectivity index (χ3v) is 3.06. The molecule has 16 heavy (non-hydrogen) atoms. The molecule has 1 aliphatic rings. The highest BCUT2D eigenvalue weighted by Gasteiger charge is 2.25. The van der Waals surface area contributed by atoms with Gasteiger partial charge in [0.1, 0.15) is 6.04 Å². The fraction of sp³-hybridized carbons (Fsp3) is 0.909. The summed E-state index contributed by atoms with van der Waals surface area (Å²) >= 11 is 0. The highest BCUT2D eigenvalue weighted by atomic mass is 16.5. The van der Waals surface area contributed by atoms with Gasteiger partial charge >= 0.3 is 5.97 Å². The first-order chi connectivity index (χ1) is 7.65. The van der Waals surface area contributed by atoms with Crippen LogP contribution in [0.15, 0.2) is 0 Å². The van der Waals surface area contributed by atoms with Crippen LogP contribution in [0.5, 0.6) is 0 Å². The largest absolute Gasteiger partial charge is 0.480 e. The molecule has 0 saturated carbocycles. The van der Waals surface area contributed by atoms with Gasteiger partial charge in [0.25, 0.3) is 0 Å². The summed E-state index contributed by atoms with van der Waals surface area (Å²) in [6.07, 6.45) is 2.70. The van der Waals surface area contributed by atoms with Gasteiger partial charge in [-0.05, 0) is 38.8 Å². The summed E-state index contributed by atoms with van der Waals surface area (Å²) in [5, 5.41) is 9.08. The molecule has 0 radical (unpaired) electrons. The van der Waals surface area contributed by atoms with E-state index in [1.54, 1.807) is 0 Å². The predicted molar refractivity (Wildman–Crippen MR) is 61.3 cm³/mol. The van der Waals surface area contributed by atoms with Crippen molar-refractivity contribution >= 4 is 5.97 Å². The van der Waals surface area contributed by atoms with E-state index in [4.69, 9.17) is 15.6 Å². The summed E-state index contributed by atoms with van der Waals surface area (Å²) in [5.74, 6) is -0.331. The first-order valence-electron chi connectivity index (χ1n) is 5.86. The molecule has 5 heteroatoms. The van der Waals surface area contributed by atoms with Crippen LogP contribution in [0.2, 0.25) is 0 Å². The van der Waals surface area contributed by atoms with Gasteiger partial charge in [-0.1, -0.05) is 0 Å². The fourth-order valence-corrected chi connectivity index (χ4v) is 2.18. The highest BCUT2D eigenvalue weighted by Crippen LogP contribution is 2.16. The number of hydrogen-bond acceptors (Lipinski definition) is 4. The number of rotatable bonds is 6. The molecule has 0 bridgehead atoms. The Bertz CT molecular complexity index is 217. The zero-order valence-electron chi connectivity index (χ0n) is 9.89. The number of carboxylic acid groups (broad SMARTS) is 1. The highest BCUT2D eigenvalue weighted by molar-refractivity contribution is 5.73. The van der Waals surface area contributed by atoms with Crippen LogP contribution in [0.3, 0.4) is 0 Å². The lowest BCUT2D eigenvalue weighted by atomic mass is 10.0. The van der Waals surface area contributed by atoms with Crippen molar-refractivity contribution in [3.8, 4) is 0 Å². The zero-order valence-corrected chi connectivity index (χ0v) is 9.89. The Morgan fingerprint density at radius 1 is 1.69 bits per heavy atom. The topological polar surface area (TPSA) is 75.8 Å². The molecule has 3 N–H and O–H groups in total. The minimum absolute atomic E-state index is 0.405. The van der Waals surface area contributed by atoms with Crippen LogP contribution >= 0.6 is 0 Å². The van der Waals surface area contributed by atoms with E-state index in [0.29, 0.717) is 18.9 Å². The average molecular weight is 230 g/mol. The maximum Gasteiger partial charge on any atom is 0.320 e. The van der Waals surface area contributed by atoms with Gasteiger partial charge in [-0.2, -0.15) is 0 Å². The van der Waals surface area contributed by atoms with Gasteiger partial charge in [-0.25, -0.2) is 0 Å². The molecule has 5 nitrogen and oxygen atoms in total. The minimum atomic E-state index is -0.787. The average Bonchev–Trinajstić information content (AvgIpc) is 2.26. The molecule has 0 aromatic carbocycles. The summed E-state index contributed by atoms with van der Waals surface area (Å²) in [6, 6.07) is -0.466. The lowest BCUT2D eigenvalue weighted by Crippen LogP contribution is -2.43. The Morgan fingerprint density at radius 2 is 2.44 bits per heavy atom. The zero-order chi connectivity index (χ0) is 12.0. The molecule has 0 amide bonds. The van der Waals surface area contributed by atoms with Crippen LogP contribution in [0.4, 0.5) is 0 Å². The smallest absolute Gasteiger partial charge is 0.320 e. The second kappa shape index (κ2) is 6.83. The Morgan fingerprint density at radius 3 is 2.94 bits per heavy atom. The molecule has 1 rings (SSSR count). The van der Waals surface area contributed by atoms with Crippen molar-refractivity contribution in [1.29, 1.82) is 0 Å². The quantitative estimate of drug-likeness (QED) is 0.679. The van der Waals surface area contributed by atoms with Crippen LogP contribution in [0.25, 0.3) is 0 Å². The van der Waals surface area contributed by atoms with Gasteiger partial charge in [0.05, 0.1) is 6.61 Å². The number of carboxylic acids is 1. The molecular formula is C11H22N2O3. The third-order valence-electron chi connectivity index (χ3n) is 3.06. The summed E-state index contributed by atoms with van der Waals surface area (Å²) in [5.41, 5.74) is 5.42. The van der Waals surface area contributed by atoms with Crippen molar-refractivity contribution in [3.05, 3.63) is 0 Å². The number of aliphatic carboxylic acids is 1. The van der Waals surface area contributed by atoms with Crippen molar-refractivity contribution in [2.45, 2.75) is 25.3 Å². The second-order valence-electron chi connectivity index (χ2n) is 4.45. The molecule has 2 atom stereocenters. The molecule has 1 heterocycles. The van der Waals surface area contributed by atoms with E-state index >= 15 is 0 Å². The molecule has 2 unspecified atom stereocenters. The molecule has 0 aromatic heterocycles. The van der Waals surface area contributed by atoms with E-state index in [9.17, 15) is 4.79 Å². The van der Waals surface area contributed by atoms with E-state index in [0.717, 1.165) is 32.6 Å². The molecule has 0 aliphatic carbocycles. The third kappa shape index (κ3) is 4.08. The van der Waals surface area contributed by atoms with E-state index in [1.807, 2.05) is 11.9 Å². The maximum atomic E-state index is 11.0. The van der Waals surface area contributed by atoms with Gasteiger partial charge in [0, 0.05) is 13.2 Å². The van der Waals surface area contributed by atoms with Crippen LogP contribution in [0.1, 0.15) is 19.3 Å². The van der Waals surface area contributed by atoms with Gasteiger partial charge in [-0.3, -0.25) is 9.69 Å². The maximum absolute atomic E-state index is 11.0. The molecular weight excluding hydrogens is 208 g/mol. The first kappa shape index (κ1) is 13.4. The molecule has 94 valence electrons. The second-order valence-corrected chi connectivity index (χ2v) is 4.45. The Balaban J connectivity index is 2.40. The molecule has 1 fully saturated rings. The SMILES string of the molecule is CN(CC1CCCOC1)C(CCN)C(=O)O. The van der Waals surface area contributed by atoms with Gasteiger partial charge < -0.3 is 15.6 Å². The van der Waals surface area contributed by atoms with E-state index in [1.165, 1.54) is 0 Å². The van der Waals surface area contributed by atoms with Gasteiger partial charge in [0.15, 0.2) is 0 Å². The van der Waals surface area contributed by atoms with Crippen molar-refractivity contribution in [3.63, 3.8) is 0 Å². The number of carbonyl (C=O) groups is 1. The fourth-order valence-electron chi connectivity index (χ4n) is 2.18. The predicted octanol–water partition coefficient (Wildman–Crippen LogP) is 0.147. The number of ether oxygens (including phenoxy) is 1. The van der Waals surface area contributed by atoms with Crippen molar-refractivity contribution in [2.24, 2.45) is 11.7 Å². The normalized spacial score (nSPS) is 23.3. The monoisotopic (exact) mass is 230 g/mol. The van der Waals surface area contributed by atoms with E-state index in [2.05, 4.69) is 0 Å². The Kier molecular flexibility index (Phi) is 5.73. The summed E-state index contributed by atoms with van der Waals surface area (Å²) in [7, 11) is 1.85. The lowest BCUT2D eigenvalue weighted by Gasteiger charge is -2.30. The molecule has 1 aliphatic heterocycles. The number of likely N-dealkylation sites (N-methyl/N-ethyl adjacent to an activating group) is 1. The molecule has 1 saturated heterocycles. The minimum Gasteiger partial charge on any atom is -0.480 e. The summed E-state index contributed by atoms with van der Waals surface area (Å²) < 4.78 is 5.38. The molecule has 0 spiro atoms. The molecule has 0 aromatic rings. The van der Waals surface area contributed by atoms with Gasteiger partial charge in [-0.15, -0.1) is 0 Å². The van der Waals surface area contributed by atoms with Gasteiger partial charge in [0.2, 0.25) is 0 Å². The lowest BCUT2D eigenvalue weighted by molar-refractivity contribution is -0.143. The van der Waals surface area contributed by atoms with Crippen LogP contribution in [-0.2, 0) is 9.53 Å². The van der Waals surface area contributed by atoms with Crippen molar-refractivity contribution in [2.75, 3.05) is 33.4 Å². The van der Waals surface area contributed by atoms with Crippen molar-refractivity contribution < 1.29 is 14.6 Å². The van der Waals surface area contributed by atoms with Crippen LogP contribution in [-0.4, -0.2) is 55.4 Å². The Hall–Kier alpha value is -0.650. The number of nitrogens with zero attached hydrogens (tertiary/aromatic N) is 1. The van der Waals surface area contributed by atoms with Crippen molar-refractivity contribution in [1.82, 2.24) is 4.90 Å². The van der Waals surface area contributed by atoms with E-state index < -0.39 is 12.0 Å². The summed E-state index contributed by atoms with van der Waals surface area (Å²) in [6.45, 7) is 2.77.